The molecule has 0 aliphatic heterocycles. The Bertz CT molecular complexity index is 989. The van der Waals surface area contributed by atoms with Gasteiger partial charge >= 0.3 is 18.2 Å². The summed E-state index contributed by atoms with van der Waals surface area (Å²) in [7, 11) is 0. The van der Waals surface area contributed by atoms with Gasteiger partial charge < -0.3 is 9.52 Å². The highest BCUT2D eigenvalue weighted by atomic mass is 19.4. The number of benzene rings is 1. The van der Waals surface area contributed by atoms with E-state index in [-0.39, 0.29) is 11.4 Å². The van der Waals surface area contributed by atoms with Crippen molar-refractivity contribution in [3.05, 3.63) is 41.9 Å². The Hall–Kier alpha value is -3.38. The second-order valence-electron chi connectivity index (χ2n) is 5.07. The summed E-state index contributed by atoms with van der Waals surface area (Å²) >= 11 is 0. The van der Waals surface area contributed by atoms with Gasteiger partial charge in [0.25, 0.3) is 0 Å². The van der Waals surface area contributed by atoms with Crippen LogP contribution >= 0.6 is 0 Å². The maximum Gasteiger partial charge on any atom is 0.470 e. The Morgan fingerprint density at radius 1 is 1.00 bits per heavy atom. The Morgan fingerprint density at radius 3 is 2.37 bits per heavy atom. The molecule has 2 aromatic heterocycles. The van der Waals surface area contributed by atoms with Gasteiger partial charge in [-0.05, 0) is 18.2 Å². The number of nitrogens with zero attached hydrogens (tertiary/aromatic N) is 5. The fourth-order valence-corrected chi connectivity index (χ4v) is 1.94. The molecule has 0 saturated heterocycles. The third-order valence-corrected chi connectivity index (χ3v) is 3.06. The standard InChI is InChI=1S/C14H7F6N5O2/c15-13(16,17)8-3-7(4-9(26)5-8)11-21-6-25(24-11)2-1-10-22-23-12(27-10)14(18,19)20/h1-6,26H/b2-1-. The lowest BCUT2D eigenvalue weighted by Crippen LogP contribution is -2.04. The topological polar surface area (TPSA) is 89.9 Å². The van der Waals surface area contributed by atoms with Crippen LogP contribution in [0.25, 0.3) is 23.7 Å². The van der Waals surface area contributed by atoms with E-state index in [0.29, 0.717) is 6.07 Å². The monoisotopic (exact) mass is 391 g/mol. The van der Waals surface area contributed by atoms with Crippen LogP contribution in [0.2, 0.25) is 0 Å². The predicted molar refractivity (Wildman–Crippen MR) is 76.6 cm³/mol. The normalized spacial score (nSPS) is 12.8. The molecule has 0 aliphatic carbocycles. The van der Waals surface area contributed by atoms with Gasteiger partial charge in [0.15, 0.2) is 5.82 Å². The predicted octanol–water partition coefficient (Wildman–Crippen LogP) is 3.70. The zero-order chi connectivity index (χ0) is 19.8. The first-order chi connectivity index (χ1) is 12.5. The summed E-state index contributed by atoms with van der Waals surface area (Å²) in [6.07, 6.45) is -6.26. The largest absolute Gasteiger partial charge is 0.508 e. The molecule has 142 valence electrons. The third-order valence-electron chi connectivity index (χ3n) is 3.06. The molecule has 0 radical (unpaired) electrons. The number of phenols is 1. The van der Waals surface area contributed by atoms with Gasteiger partial charge in [-0.1, -0.05) is 0 Å². The van der Waals surface area contributed by atoms with Gasteiger partial charge in [-0.2, -0.15) is 26.3 Å². The van der Waals surface area contributed by atoms with Crippen molar-refractivity contribution >= 4 is 12.3 Å². The first-order valence-corrected chi connectivity index (χ1v) is 6.94. The minimum atomic E-state index is -4.79. The van der Waals surface area contributed by atoms with Crippen molar-refractivity contribution in [1.82, 2.24) is 25.0 Å². The molecule has 27 heavy (non-hydrogen) atoms. The minimum Gasteiger partial charge on any atom is -0.508 e. The molecular weight excluding hydrogens is 384 g/mol. The average molecular weight is 391 g/mol. The van der Waals surface area contributed by atoms with E-state index in [1.54, 1.807) is 0 Å². The lowest BCUT2D eigenvalue weighted by molar-refractivity contribution is -0.157. The van der Waals surface area contributed by atoms with Crippen LogP contribution in [0.3, 0.4) is 0 Å². The van der Waals surface area contributed by atoms with E-state index < -0.39 is 35.4 Å². The number of hydrogen-bond acceptors (Lipinski definition) is 6. The van der Waals surface area contributed by atoms with E-state index in [2.05, 4.69) is 24.7 Å². The summed E-state index contributed by atoms with van der Waals surface area (Å²) in [5.74, 6) is -2.77. The van der Waals surface area contributed by atoms with Gasteiger partial charge in [0, 0.05) is 17.8 Å². The van der Waals surface area contributed by atoms with Crippen molar-refractivity contribution in [2.24, 2.45) is 0 Å². The molecule has 0 amide bonds. The SMILES string of the molecule is Oc1cc(-c2ncn(/C=C\c3nnc(C(F)(F)F)o3)n2)cc(C(F)(F)F)c1. The number of phenolic OH excluding ortho intramolecular Hbond substituents is 1. The maximum absolute atomic E-state index is 12.8. The number of hydrogen-bond donors (Lipinski definition) is 1. The summed E-state index contributed by atoms with van der Waals surface area (Å²) in [5, 5.41) is 19.3. The van der Waals surface area contributed by atoms with Crippen LogP contribution in [0.4, 0.5) is 26.3 Å². The number of alkyl halides is 6. The molecule has 2 heterocycles. The highest BCUT2D eigenvalue weighted by Crippen LogP contribution is 2.34. The molecule has 1 N–H and O–H groups in total. The first kappa shape index (κ1) is 18.4. The van der Waals surface area contributed by atoms with Crippen LogP contribution < -0.4 is 0 Å². The fraction of sp³-hybridized carbons (Fsp3) is 0.143. The molecule has 0 unspecified atom stereocenters. The zero-order valence-corrected chi connectivity index (χ0v) is 12.8. The van der Waals surface area contributed by atoms with E-state index in [4.69, 9.17) is 0 Å². The highest BCUT2D eigenvalue weighted by molar-refractivity contribution is 5.60. The van der Waals surface area contributed by atoms with E-state index in [9.17, 15) is 31.4 Å². The number of rotatable bonds is 3. The molecular formula is C14H7F6N5O2. The van der Waals surface area contributed by atoms with Gasteiger partial charge in [0.05, 0.1) is 5.56 Å². The Kier molecular flexibility index (Phi) is 4.37. The van der Waals surface area contributed by atoms with E-state index in [0.717, 1.165) is 35.4 Å². The highest BCUT2D eigenvalue weighted by Gasteiger charge is 2.38. The van der Waals surface area contributed by atoms with Gasteiger partial charge in [0.2, 0.25) is 5.89 Å². The van der Waals surface area contributed by atoms with E-state index >= 15 is 0 Å². The van der Waals surface area contributed by atoms with Gasteiger partial charge in [-0.15, -0.1) is 15.3 Å². The van der Waals surface area contributed by atoms with Crippen LogP contribution in [0.15, 0.2) is 28.9 Å². The van der Waals surface area contributed by atoms with E-state index in [1.807, 2.05) is 0 Å². The Labute approximate surface area is 145 Å². The van der Waals surface area contributed by atoms with Crippen molar-refractivity contribution in [2.45, 2.75) is 12.4 Å². The zero-order valence-electron chi connectivity index (χ0n) is 12.8. The molecule has 0 fully saturated rings. The summed E-state index contributed by atoms with van der Waals surface area (Å²) in [5.41, 5.74) is -1.19. The number of halogens is 6. The van der Waals surface area contributed by atoms with E-state index in [1.165, 1.54) is 0 Å². The van der Waals surface area contributed by atoms with Crippen LogP contribution in [-0.2, 0) is 12.4 Å². The summed E-state index contributed by atoms with van der Waals surface area (Å²) in [4.78, 5) is 3.78. The molecule has 0 saturated carbocycles. The second-order valence-corrected chi connectivity index (χ2v) is 5.07. The quantitative estimate of drug-likeness (QED) is 0.685. The lowest BCUT2D eigenvalue weighted by atomic mass is 10.1. The minimum absolute atomic E-state index is 0.105. The van der Waals surface area contributed by atoms with Crippen molar-refractivity contribution in [3.8, 4) is 17.1 Å². The summed E-state index contributed by atoms with van der Waals surface area (Å²) in [6.45, 7) is 0. The summed E-state index contributed by atoms with van der Waals surface area (Å²) in [6, 6.07) is 2.33. The van der Waals surface area contributed by atoms with Crippen LogP contribution in [0.5, 0.6) is 5.75 Å². The molecule has 0 spiro atoms. The number of aromatic hydroxyl groups is 1. The van der Waals surface area contributed by atoms with Crippen molar-refractivity contribution < 1.29 is 35.9 Å². The molecule has 7 nitrogen and oxygen atoms in total. The Balaban J connectivity index is 1.83. The Morgan fingerprint density at radius 2 is 1.74 bits per heavy atom. The van der Waals surface area contributed by atoms with Crippen molar-refractivity contribution in [3.63, 3.8) is 0 Å². The van der Waals surface area contributed by atoms with Gasteiger partial charge in [-0.3, -0.25) is 0 Å². The molecule has 1 aromatic carbocycles. The van der Waals surface area contributed by atoms with Crippen LogP contribution in [-0.4, -0.2) is 30.1 Å². The third kappa shape index (κ3) is 4.24. The average Bonchev–Trinajstić information content (AvgIpc) is 3.20. The fourth-order valence-electron chi connectivity index (χ4n) is 1.94. The maximum atomic E-state index is 12.8. The molecule has 13 heteroatoms. The first-order valence-electron chi connectivity index (χ1n) is 6.94. The molecule has 0 bridgehead atoms. The van der Waals surface area contributed by atoms with Gasteiger partial charge in [-0.25, -0.2) is 9.67 Å². The van der Waals surface area contributed by atoms with Crippen LogP contribution in [0.1, 0.15) is 17.3 Å². The van der Waals surface area contributed by atoms with Gasteiger partial charge in [0.1, 0.15) is 12.1 Å². The molecule has 0 aliphatic rings. The molecule has 3 rings (SSSR count). The number of aromatic nitrogens is 5. The molecule has 0 atom stereocenters. The van der Waals surface area contributed by atoms with Crippen molar-refractivity contribution in [2.75, 3.05) is 0 Å². The van der Waals surface area contributed by atoms with Crippen molar-refractivity contribution in [1.29, 1.82) is 0 Å². The lowest BCUT2D eigenvalue weighted by Gasteiger charge is -2.08. The molecule has 3 aromatic rings. The summed E-state index contributed by atoms with van der Waals surface area (Å²) < 4.78 is 80.8. The smallest absolute Gasteiger partial charge is 0.470 e. The van der Waals surface area contributed by atoms with Crippen LogP contribution in [0, 0.1) is 0 Å². The second kappa shape index (κ2) is 6.41.